The first-order valence-electron chi connectivity index (χ1n) is 9.57. The van der Waals surface area contributed by atoms with Crippen molar-refractivity contribution in [1.82, 2.24) is 29.4 Å². The van der Waals surface area contributed by atoms with E-state index in [1.54, 1.807) is 19.2 Å². The van der Waals surface area contributed by atoms with Crippen LogP contribution in [0.15, 0.2) is 53.5 Å². The summed E-state index contributed by atoms with van der Waals surface area (Å²) in [6, 6.07) is 12.9. The number of pyridine rings is 1. The summed E-state index contributed by atoms with van der Waals surface area (Å²) in [5.41, 5.74) is 4.93. The third-order valence-corrected chi connectivity index (χ3v) is 5.07. The minimum absolute atomic E-state index is 0.194. The maximum atomic E-state index is 12.9. The molecule has 0 bridgehead atoms. The lowest BCUT2D eigenvalue weighted by molar-refractivity contribution is -0.115. The molecule has 1 amide bonds. The van der Waals surface area contributed by atoms with E-state index in [9.17, 15) is 9.59 Å². The Morgan fingerprint density at radius 3 is 2.77 bits per heavy atom. The van der Waals surface area contributed by atoms with Crippen molar-refractivity contribution in [1.29, 1.82) is 0 Å². The van der Waals surface area contributed by atoms with Crippen molar-refractivity contribution in [3.05, 3.63) is 59.0 Å². The van der Waals surface area contributed by atoms with Gasteiger partial charge in [-0.05, 0) is 24.3 Å². The smallest absolute Gasteiger partial charge is 0.274 e. The Hall–Kier alpha value is -4.14. The molecule has 4 aromatic heterocycles. The summed E-state index contributed by atoms with van der Waals surface area (Å²) in [4.78, 5) is 32.6. The molecule has 4 heterocycles. The predicted octanol–water partition coefficient (Wildman–Crippen LogP) is 2.92. The maximum absolute atomic E-state index is 12.9. The summed E-state index contributed by atoms with van der Waals surface area (Å²) < 4.78 is 3.18. The molecule has 0 saturated carbocycles. The summed E-state index contributed by atoms with van der Waals surface area (Å²) in [7, 11) is 1.94. The molecule has 3 N–H and O–H groups in total. The monoisotopic (exact) mass is 401 g/mol. The average Bonchev–Trinajstić information content (AvgIpc) is 3.11. The third kappa shape index (κ3) is 2.79. The molecule has 150 valence electrons. The van der Waals surface area contributed by atoms with Crippen molar-refractivity contribution < 1.29 is 4.79 Å². The van der Waals surface area contributed by atoms with E-state index in [1.807, 2.05) is 42.1 Å². The third-order valence-electron chi connectivity index (χ3n) is 5.07. The van der Waals surface area contributed by atoms with Crippen LogP contribution in [0.1, 0.15) is 13.3 Å². The summed E-state index contributed by atoms with van der Waals surface area (Å²) in [5.74, 6) is 0.104. The predicted molar refractivity (Wildman–Crippen MR) is 114 cm³/mol. The van der Waals surface area contributed by atoms with Gasteiger partial charge in [0.05, 0.1) is 28.0 Å². The topological polar surface area (TPSA) is 113 Å². The van der Waals surface area contributed by atoms with Crippen LogP contribution in [-0.2, 0) is 11.8 Å². The van der Waals surface area contributed by atoms with E-state index in [-0.39, 0.29) is 11.5 Å². The van der Waals surface area contributed by atoms with Gasteiger partial charge in [-0.25, -0.2) is 0 Å². The molecule has 0 spiro atoms. The second-order valence-corrected chi connectivity index (χ2v) is 7.02. The van der Waals surface area contributed by atoms with Crippen LogP contribution in [0.4, 0.5) is 5.82 Å². The second-order valence-electron chi connectivity index (χ2n) is 7.02. The fourth-order valence-electron chi connectivity index (χ4n) is 3.53. The molecule has 0 aliphatic carbocycles. The van der Waals surface area contributed by atoms with Crippen LogP contribution in [0.25, 0.3) is 39.2 Å². The van der Waals surface area contributed by atoms with Crippen LogP contribution in [0, 0.1) is 0 Å². The number of rotatable bonds is 4. The van der Waals surface area contributed by atoms with E-state index in [0.29, 0.717) is 34.8 Å². The Labute approximate surface area is 170 Å². The fourth-order valence-corrected chi connectivity index (χ4v) is 3.53. The molecule has 0 atom stereocenters. The molecule has 1 aromatic carbocycles. The number of anilines is 1. The fraction of sp³-hybridized carbons (Fsp3) is 0.143. The van der Waals surface area contributed by atoms with Gasteiger partial charge >= 0.3 is 0 Å². The molecule has 0 fully saturated rings. The molecule has 30 heavy (non-hydrogen) atoms. The van der Waals surface area contributed by atoms with E-state index < -0.39 is 0 Å². The normalized spacial score (nSPS) is 11.4. The van der Waals surface area contributed by atoms with Crippen LogP contribution in [0.2, 0.25) is 0 Å². The first-order valence-corrected chi connectivity index (χ1v) is 9.57. The standard InChI is InChI=1S/C21H19N7O2/c1-3-17(29)24-20-19(13-6-4-5-9-22-13)21-23-14(11-18(30)28(21)26-20)12-7-8-16-15(10-12)25-27(16)2/h4-11,23,25H,3H2,1-2H3,(H,24,26,29). The van der Waals surface area contributed by atoms with Gasteiger partial charge in [0.1, 0.15) is 5.65 Å². The summed E-state index contributed by atoms with van der Waals surface area (Å²) in [5, 5.41) is 10.3. The van der Waals surface area contributed by atoms with Crippen molar-refractivity contribution in [2.75, 3.05) is 5.32 Å². The van der Waals surface area contributed by atoms with Gasteiger partial charge in [-0.2, -0.15) is 4.52 Å². The Morgan fingerprint density at radius 2 is 2.07 bits per heavy atom. The quantitative estimate of drug-likeness (QED) is 0.430. The van der Waals surface area contributed by atoms with E-state index in [1.165, 1.54) is 10.6 Å². The molecule has 9 heteroatoms. The van der Waals surface area contributed by atoms with E-state index >= 15 is 0 Å². The summed E-state index contributed by atoms with van der Waals surface area (Å²) in [6.45, 7) is 1.76. The number of amides is 1. The number of nitrogens with one attached hydrogen (secondary N) is 3. The highest BCUT2D eigenvalue weighted by Crippen LogP contribution is 2.31. The molecule has 5 aromatic rings. The molecule has 0 radical (unpaired) electrons. The van der Waals surface area contributed by atoms with E-state index in [2.05, 4.69) is 25.5 Å². The van der Waals surface area contributed by atoms with Crippen molar-refractivity contribution >= 4 is 28.4 Å². The molecule has 0 saturated heterocycles. The zero-order valence-electron chi connectivity index (χ0n) is 16.4. The van der Waals surface area contributed by atoms with Crippen molar-refractivity contribution in [3.63, 3.8) is 0 Å². The first-order chi connectivity index (χ1) is 14.5. The molecule has 0 unspecified atom stereocenters. The summed E-state index contributed by atoms with van der Waals surface area (Å²) in [6.07, 6.45) is 1.96. The number of carbonyl (C=O) groups excluding carboxylic acids is 1. The Kier molecular flexibility index (Phi) is 4.02. The number of fused-ring (bicyclic) bond motifs is 2. The van der Waals surface area contributed by atoms with Gasteiger partial charge in [-0.1, -0.05) is 19.1 Å². The Morgan fingerprint density at radius 1 is 1.20 bits per heavy atom. The highest BCUT2D eigenvalue weighted by Gasteiger charge is 2.20. The van der Waals surface area contributed by atoms with Gasteiger partial charge < -0.3 is 10.3 Å². The largest absolute Gasteiger partial charge is 0.339 e. The maximum Gasteiger partial charge on any atom is 0.274 e. The number of aryl methyl sites for hydroxylation is 1. The zero-order chi connectivity index (χ0) is 20.8. The number of benzene rings is 1. The molecular formula is C21H19N7O2. The highest BCUT2D eigenvalue weighted by atomic mass is 16.2. The number of H-pyrrole nitrogens is 2. The van der Waals surface area contributed by atoms with Crippen molar-refractivity contribution in [2.45, 2.75) is 13.3 Å². The van der Waals surface area contributed by atoms with Crippen molar-refractivity contribution in [2.24, 2.45) is 7.05 Å². The first kappa shape index (κ1) is 17.9. The van der Waals surface area contributed by atoms with Crippen LogP contribution in [0.3, 0.4) is 0 Å². The van der Waals surface area contributed by atoms with Crippen LogP contribution < -0.4 is 10.9 Å². The average molecular weight is 401 g/mol. The SMILES string of the molecule is CCC(=O)Nc1nn2c(=O)cc(-c3ccc4c(c3)[nH]n4C)[nH]c2c1-c1ccccn1. The van der Waals surface area contributed by atoms with Gasteiger partial charge in [-0.3, -0.25) is 24.4 Å². The van der Waals surface area contributed by atoms with Gasteiger partial charge in [-0.15, -0.1) is 5.10 Å². The molecular weight excluding hydrogens is 382 g/mol. The lowest BCUT2D eigenvalue weighted by Crippen LogP contribution is -2.15. The number of aromatic nitrogens is 6. The minimum atomic E-state index is -0.305. The number of aromatic amines is 2. The second kappa shape index (κ2) is 6.73. The molecule has 0 aliphatic heterocycles. The van der Waals surface area contributed by atoms with Gasteiger partial charge in [0.25, 0.3) is 5.56 Å². The van der Waals surface area contributed by atoms with Gasteiger partial charge in [0.2, 0.25) is 5.91 Å². The minimum Gasteiger partial charge on any atom is -0.339 e. The van der Waals surface area contributed by atoms with E-state index in [0.717, 1.165) is 16.6 Å². The number of carbonyl (C=O) groups is 1. The summed E-state index contributed by atoms with van der Waals surface area (Å²) >= 11 is 0. The van der Waals surface area contributed by atoms with Crippen molar-refractivity contribution in [3.8, 4) is 22.5 Å². The van der Waals surface area contributed by atoms with Crippen LogP contribution in [-0.4, -0.2) is 35.3 Å². The molecule has 0 aliphatic rings. The lowest BCUT2D eigenvalue weighted by atomic mass is 10.1. The number of nitrogens with zero attached hydrogens (tertiary/aromatic N) is 4. The number of hydrogen-bond acceptors (Lipinski definition) is 4. The van der Waals surface area contributed by atoms with Gasteiger partial charge in [0.15, 0.2) is 5.82 Å². The van der Waals surface area contributed by atoms with Gasteiger partial charge in [0, 0.05) is 31.3 Å². The zero-order valence-corrected chi connectivity index (χ0v) is 16.4. The van der Waals surface area contributed by atoms with E-state index in [4.69, 9.17) is 0 Å². The highest BCUT2D eigenvalue weighted by molar-refractivity contribution is 5.97. The Balaban J connectivity index is 1.74. The Bertz CT molecular complexity index is 1450. The number of hydrogen-bond donors (Lipinski definition) is 3. The van der Waals surface area contributed by atoms with Crippen LogP contribution in [0.5, 0.6) is 0 Å². The molecule has 9 nitrogen and oxygen atoms in total. The molecule has 5 rings (SSSR count). The lowest BCUT2D eigenvalue weighted by Gasteiger charge is -2.13. The van der Waals surface area contributed by atoms with Crippen LogP contribution >= 0.6 is 0 Å².